The Balaban J connectivity index is 2.29. The summed E-state index contributed by atoms with van der Waals surface area (Å²) in [7, 11) is -1.32. The molecule has 2 aromatic rings. The first-order valence-electron chi connectivity index (χ1n) is 6.69. The van der Waals surface area contributed by atoms with Crippen LogP contribution in [0.2, 0.25) is 25.7 Å². The van der Waals surface area contributed by atoms with Crippen LogP contribution in [0.3, 0.4) is 0 Å². The molecule has 0 radical (unpaired) electrons. The van der Waals surface area contributed by atoms with Crippen molar-refractivity contribution in [3.05, 3.63) is 47.9 Å². The molecule has 0 bridgehead atoms. The molecule has 0 spiro atoms. The normalized spacial score (nSPS) is 13.5. The van der Waals surface area contributed by atoms with Gasteiger partial charge in [0.05, 0.1) is 6.26 Å². The van der Waals surface area contributed by atoms with Crippen molar-refractivity contribution in [1.82, 2.24) is 0 Å². The van der Waals surface area contributed by atoms with Gasteiger partial charge in [-0.1, -0.05) is 49.5 Å². The lowest BCUT2D eigenvalue weighted by Gasteiger charge is -2.20. The summed E-state index contributed by atoms with van der Waals surface area (Å²) in [5, 5.41) is 10.4. The fourth-order valence-corrected chi connectivity index (χ4v) is 3.57. The fourth-order valence-electron chi connectivity index (χ4n) is 2.22. The number of aryl methyl sites for hydroxylation is 1. The monoisotopic (exact) mass is 274 g/mol. The zero-order chi connectivity index (χ0) is 14.0. The Morgan fingerprint density at radius 1 is 1.11 bits per heavy atom. The van der Waals surface area contributed by atoms with E-state index in [1.807, 2.05) is 6.07 Å². The maximum absolute atomic E-state index is 10.4. The lowest BCUT2D eigenvalue weighted by atomic mass is 10.0. The number of hydrogen-bond donors (Lipinski definition) is 1. The highest BCUT2D eigenvalue weighted by molar-refractivity contribution is 6.76. The quantitative estimate of drug-likeness (QED) is 0.825. The van der Waals surface area contributed by atoms with Gasteiger partial charge in [-0.25, -0.2) is 0 Å². The number of aliphatic hydroxyl groups is 1. The van der Waals surface area contributed by atoms with E-state index >= 15 is 0 Å². The molecular formula is C16H22O2Si. The van der Waals surface area contributed by atoms with E-state index in [1.165, 1.54) is 5.56 Å². The molecule has 0 saturated heterocycles. The van der Waals surface area contributed by atoms with Crippen LogP contribution in [-0.4, -0.2) is 13.2 Å². The average molecular weight is 274 g/mol. The third kappa shape index (κ3) is 3.58. The van der Waals surface area contributed by atoms with E-state index in [1.54, 1.807) is 6.26 Å². The van der Waals surface area contributed by atoms with E-state index in [-0.39, 0.29) is 0 Å². The lowest BCUT2D eigenvalue weighted by Crippen LogP contribution is -2.22. The highest BCUT2D eigenvalue weighted by Crippen LogP contribution is 2.33. The lowest BCUT2D eigenvalue weighted by molar-refractivity contribution is 0.168. The molecule has 0 aliphatic rings. The SMILES string of the molecule is Cc1ccc(-c2ccoc2[C@@H](O)C[Si](C)(C)C)cc1. The van der Waals surface area contributed by atoms with Crippen molar-refractivity contribution in [1.29, 1.82) is 0 Å². The molecule has 102 valence electrons. The van der Waals surface area contributed by atoms with E-state index in [4.69, 9.17) is 4.42 Å². The van der Waals surface area contributed by atoms with Crippen molar-refractivity contribution < 1.29 is 9.52 Å². The van der Waals surface area contributed by atoms with Crippen molar-refractivity contribution >= 4 is 8.07 Å². The molecule has 3 heteroatoms. The van der Waals surface area contributed by atoms with E-state index in [9.17, 15) is 5.11 Å². The van der Waals surface area contributed by atoms with Gasteiger partial charge in [-0.05, 0) is 24.6 Å². The maximum atomic E-state index is 10.4. The van der Waals surface area contributed by atoms with Gasteiger partial charge in [0.2, 0.25) is 0 Å². The number of rotatable bonds is 4. The molecule has 0 fully saturated rings. The minimum absolute atomic E-state index is 0.502. The zero-order valence-electron chi connectivity index (χ0n) is 12.1. The van der Waals surface area contributed by atoms with Crippen molar-refractivity contribution in [3.63, 3.8) is 0 Å². The predicted octanol–water partition coefficient (Wildman–Crippen LogP) is 4.63. The van der Waals surface area contributed by atoms with Crippen LogP contribution in [0.1, 0.15) is 17.4 Å². The van der Waals surface area contributed by atoms with Gasteiger partial charge in [-0.3, -0.25) is 0 Å². The summed E-state index contributed by atoms with van der Waals surface area (Å²) in [5.74, 6) is 0.700. The first kappa shape index (κ1) is 14.1. The fraction of sp³-hybridized carbons (Fsp3) is 0.375. The number of hydrogen-bond acceptors (Lipinski definition) is 2. The molecule has 19 heavy (non-hydrogen) atoms. The largest absolute Gasteiger partial charge is 0.466 e. The molecular weight excluding hydrogens is 252 g/mol. The molecule has 2 rings (SSSR count). The van der Waals surface area contributed by atoms with Crippen LogP contribution >= 0.6 is 0 Å². The first-order valence-corrected chi connectivity index (χ1v) is 10.4. The third-order valence-electron chi connectivity index (χ3n) is 3.17. The Morgan fingerprint density at radius 3 is 2.32 bits per heavy atom. The summed E-state index contributed by atoms with van der Waals surface area (Å²) in [4.78, 5) is 0. The molecule has 0 amide bonds. The molecule has 1 heterocycles. The standard InChI is InChI=1S/C16H22O2Si/c1-12-5-7-13(8-6-12)14-9-10-18-16(14)15(17)11-19(2,3)4/h5-10,15,17H,11H2,1-4H3/t15-/m0/s1. The second-order valence-corrected chi connectivity index (χ2v) is 11.9. The molecule has 1 atom stereocenters. The van der Waals surface area contributed by atoms with E-state index in [2.05, 4.69) is 50.8 Å². The predicted molar refractivity (Wildman–Crippen MR) is 82.0 cm³/mol. The first-order chi connectivity index (χ1) is 8.87. The molecule has 0 aliphatic heterocycles. The summed E-state index contributed by atoms with van der Waals surface area (Å²) < 4.78 is 5.53. The van der Waals surface area contributed by atoms with Crippen LogP contribution in [0.4, 0.5) is 0 Å². The molecule has 1 N–H and O–H groups in total. The Bertz CT molecular complexity index is 535. The van der Waals surface area contributed by atoms with E-state index in [0.29, 0.717) is 5.76 Å². The van der Waals surface area contributed by atoms with Crippen LogP contribution in [-0.2, 0) is 0 Å². The van der Waals surface area contributed by atoms with Crippen LogP contribution < -0.4 is 0 Å². The number of benzene rings is 1. The van der Waals surface area contributed by atoms with Crippen LogP contribution in [0.5, 0.6) is 0 Å². The smallest absolute Gasteiger partial charge is 0.139 e. The molecule has 1 aromatic heterocycles. The zero-order valence-corrected chi connectivity index (χ0v) is 13.1. The molecule has 0 saturated carbocycles. The van der Waals surface area contributed by atoms with Gasteiger partial charge in [0.25, 0.3) is 0 Å². The van der Waals surface area contributed by atoms with Gasteiger partial charge >= 0.3 is 0 Å². The van der Waals surface area contributed by atoms with Gasteiger partial charge in [0.15, 0.2) is 0 Å². The summed E-state index contributed by atoms with van der Waals surface area (Å²) in [5.41, 5.74) is 3.34. The third-order valence-corrected chi connectivity index (χ3v) is 4.78. The van der Waals surface area contributed by atoms with Crippen molar-refractivity contribution in [2.45, 2.75) is 38.7 Å². The van der Waals surface area contributed by atoms with Crippen LogP contribution in [0.25, 0.3) is 11.1 Å². The van der Waals surface area contributed by atoms with Gasteiger partial charge < -0.3 is 9.52 Å². The molecule has 0 aliphatic carbocycles. The summed E-state index contributed by atoms with van der Waals surface area (Å²) >= 11 is 0. The average Bonchev–Trinajstić information content (AvgIpc) is 2.76. The van der Waals surface area contributed by atoms with Gasteiger partial charge in [0.1, 0.15) is 11.9 Å². The van der Waals surface area contributed by atoms with Gasteiger partial charge in [0, 0.05) is 13.6 Å². The van der Waals surface area contributed by atoms with Crippen LogP contribution in [0, 0.1) is 6.92 Å². The Labute approximate surface area is 116 Å². The highest BCUT2D eigenvalue weighted by Gasteiger charge is 2.24. The molecule has 0 unspecified atom stereocenters. The van der Waals surface area contributed by atoms with Crippen LogP contribution in [0.15, 0.2) is 41.0 Å². The number of furan rings is 1. The minimum Gasteiger partial charge on any atom is -0.466 e. The Hall–Kier alpha value is -1.32. The summed E-state index contributed by atoms with van der Waals surface area (Å²) in [6.07, 6.45) is 1.16. The van der Waals surface area contributed by atoms with Crippen molar-refractivity contribution in [2.75, 3.05) is 0 Å². The number of aliphatic hydroxyl groups excluding tert-OH is 1. The topological polar surface area (TPSA) is 33.4 Å². The Morgan fingerprint density at radius 2 is 1.74 bits per heavy atom. The highest BCUT2D eigenvalue weighted by atomic mass is 28.3. The van der Waals surface area contributed by atoms with Gasteiger partial charge in [-0.15, -0.1) is 0 Å². The Kier molecular flexibility index (Phi) is 3.97. The second kappa shape index (κ2) is 5.35. The maximum Gasteiger partial charge on any atom is 0.139 e. The minimum atomic E-state index is -1.32. The van der Waals surface area contributed by atoms with Gasteiger partial charge in [-0.2, -0.15) is 0 Å². The second-order valence-electron chi connectivity index (χ2n) is 6.35. The van der Waals surface area contributed by atoms with Crippen molar-refractivity contribution in [3.8, 4) is 11.1 Å². The summed E-state index contributed by atoms with van der Waals surface area (Å²) in [6.45, 7) is 8.83. The summed E-state index contributed by atoms with van der Waals surface area (Å²) in [6, 6.07) is 11.1. The molecule has 2 nitrogen and oxygen atoms in total. The van der Waals surface area contributed by atoms with Crippen molar-refractivity contribution in [2.24, 2.45) is 0 Å². The van der Waals surface area contributed by atoms with E-state index < -0.39 is 14.2 Å². The molecule has 1 aromatic carbocycles. The van der Waals surface area contributed by atoms with E-state index in [0.717, 1.165) is 17.2 Å².